The smallest absolute Gasteiger partial charge is 0.137 e. The number of rotatable bonds is 1. The second kappa shape index (κ2) is 4.03. The number of nitrogens with zero attached hydrogens (tertiary/aromatic N) is 2. The van der Waals surface area contributed by atoms with Crippen LogP contribution in [0.2, 0.25) is 0 Å². The van der Waals surface area contributed by atoms with Gasteiger partial charge in [0.2, 0.25) is 0 Å². The van der Waals surface area contributed by atoms with E-state index in [0.717, 1.165) is 25.2 Å². The molecule has 3 nitrogen and oxygen atoms in total. The van der Waals surface area contributed by atoms with E-state index in [2.05, 4.69) is 21.3 Å². The summed E-state index contributed by atoms with van der Waals surface area (Å²) in [6, 6.07) is 4.16. The number of β-amino-alcohol motifs (C(OH)–C–C–N with tert-alkyl or cyclic N) is 1. The van der Waals surface area contributed by atoms with Gasteiger partial charge in [-0.1, -0.05) is 0 Å². The van der Waals surface area contributed by atoms with Crippen molar-refractivity contribution in [3.05, 3.63) is 23.7 Å². The monoisotopic (exact) mass is 234 g/mol. The Hall–Kier alpha value is -1.13. The third-order valence-electron chi connectivity index (χ3n) is 3.05. The first-order chi connectivity index (χ1) is 7.84. The zero-order valence-electron chi connectivity index (χ0n) is 8.97. The van der Waals surface area contributed by atoms with Crippen LogP contribution in [-0.2, 0) is 0 Å². The van der Waals surface area contributed by atoms with Gasteiger partial charge in [-0.25, -0.2) is 4.98 Å². The highest BCUT2D eigenvalue weighted by atomic mass is 32.1. The van der Waals surface area contributed by atoms with E-state index in [4.69, 9.17) is 0 Å². The van der Waals surface area contributed by atoms with E-state index < -0.39 is 0 Å². The molecule has 0 aromatic carbocycles. The predicted octanol–water partition coefficient (Wildman–Crippen LogP) is 2.26. The molecular formula is C12H14N2OS. The minimum Gasteiger partial charge on any atom is -0.391 e. The van der Waals surface area contributed by atoms with Crippen LogP contribution in [-0.4, -0.2) is 29.3 Å². The fourth-order valence-corrected chi connectivity index (χ4v) is 3.06. The van der Waals surface area contributed by atoms with Gasteiger partial charge in [0.05, 0.1) is 6.10 Å². The van der Waals surface area contributed by atoms with Gasteiger partial charge in [0.15, 0.2) is 0 Å². The van der Waals surface area contributed by atoms with Crippen LogP contribution >= 0.6 is 11.3 Å². The maximum atomic E-state index is 9.70. The summed E-state index contributed by atoms with van der Waals surface area (Å²) >= 11 is 1.74. The van der Waals surface area contributed by atoms with Crippen LogP contribution in [0.1, 0.15) is 12.8 Å². The molecule has 16 heavy (non-hydrogen) atoms. The fraction of sp³-hybridized carbons (Fsp3) is 0.417. The molecule has 1 N–H and O–H groups in total. The van der Waals surface area contributed by atoms with Crippen molar-refractivity contribution in [3.8, 4) is 0 Å². The summed E-state index contributed by atoms with van der Waals surface area (Å²) in [6.07, 6.45) is 3.61. The number of pyridine rings is 1. The Bertz CT molecular complexity index is 496. The van der Waals surface area contributed by atoms with E-state index in [1.165, 1.54) is 10.1 Å². The van der Waals surface area contributed by atoms with Crippen molar-refractivity contribution < 1.29 is 5.11 Å². The second-order valence-electron chi connectivity index (χ2n) is 4.21. The molecule has 84 valence electrons. The van der Waals surface area contributed by atoms with E-state index in [0.29, 0.717) is 6.54 Å². The van der Waals surface area contributed by atoms with Gasteiger partial charge in [-0.2, -0.15) is 0 Å². The van der Waals surface area contributed by atoms with Gasteiger partial charge in [-0.05, 0) is 30.4 Å². The lowest BCUT2D eigenvalue weighted by Gasteiger charge is -2.31. The average molecular weight is 234 g/mol. The van der Waals surface area contributed by atoms with Crippen LogP contribution in [0.4, 0.5) is 5.82 Å². The molecule has 0 spiro atoms. The van der Waals surface area contributed by atoms with Crippen LogP contribution in [0.15, 0.2) is 23.7 Å². The highest BCUT2D eigenvalue weighted by Crippen LogP contribution is 2.29. The Labute approximate surface area is 98.3 Å². The van der Waals surface area contributed by atoms with Crippen molar-refractivity contribution in [2.75, 3.05) is 18.0 Å². The Balaban J connectivity index is 2.01. The minimum absolute atomic E-state index is 0.204. The lowest BCUT2D eigenvalue weighted by atomic mass is 10.1. The number of hydrogen-bond donors (Lipinski definition) is 1. The van der Waals surface area contributed by atoms with E-state index in [9.17, 15) is 5.11 Å². The Morgan fingerprint density at radius 2 is 2.38 bits per heavy atom. The maximum absolute atomic E-state index is 9.70. The van der Waals surface area contributed by atoms with Gasteiger partial charge in [-0.3, -0.25) is 0 Å². The molecule has 3 rings (SSSR count). The topological polar surface area (TPSA) is 36.4 Å². The molecule has 0 aliphatic carbocycles. The standard InChI is InChI=1S/C12H14N2OS/c15-9-2-1-6-14(8-9)12-10-4-7-16-11(10)3-5-13-12/h3-5,7,9,15H,1-2,6,8H2. The van der Waals surface area contributed by atoms with Crippen molar-refractivity contribution >= 4 is 27.2 Å². The van der Waals surface area contributed by atoms with Crippen LogP contribution in [0.25, 0.3) is 10.1 Å². The number of aliphatic hydroxyl groups is 1. The number of thiophene rings is 1. The molecule has 0 radical (unpaired) electrons. The molecule has 1 aliphatic rings. The first kappa shape index (κ1) is 10.1. The maximum Gasteiger partial charge on any atom is 0.137 e. The highest BCUT2D eigenvalue weighted by molar-refractivity contribution is 7.17. The third kappa shape index (κ3) is 1.68. The average Bonchev–Trinajstić information content (AvgIpc) is 2.76. The largest absolute Gasteiger partial charge is 0.391 e. The normalized spacial score (nSPS) is 21.6. The Morgan fingerprint density at radius 3 is 3.25 bits per heavy atom. The first-order valence-corrected chi connectivity index (χ1v) is 6.48. The SMILES string of the molecule is OC1CCCN(c2nccc3sccc23)C1. The van der Waals surface area contributed by atoms with Crippen LogP contribution < -0.4 is 4.90 Å². The third-order valence-corrected chi connectivity index (χ3v) is 3.94. The Kier molecular flexibility index (Phi) is 2.53. The molecule has 0 amide bonds. The number of fused-ring (bicyclic) bond motifs is 1. The van der Waals surface area contributed by atoms with Crippen molar-refractivity contribution in [1.82, 2.24) is 4.98 Å². The molecule has 1 unspecified atom stereocenters. The Morgan fingerprint density at radius 1 is 1.44 bits per heavy atom. The number of aromatic nitrogens is 1. The fourth-order valence-electron chi connectivity index (χ4n) is 2.28. The summed E-state index contributed by atoms with van der Waals surface area (Å²) in [5.74, 6) is 1.03. The van der Waals surface area contributed by atoms with Gasteiger partial charge >= 0.3 is 0 Å². The predicted molar refractivity (Wildman–Crippen MR) is 67.1 cm³/mol. The minimum atomic E-state index is -0.204. The highest BCUT2D eigenvalue weighted by Gasteiger charge is 2.20. The number of hydrogen-bond acceptors (Lipinski definition) is 4. The van der Waals surface area contributed by atoms with Crippen LogP contribution in [0, 0.1) is 0 Å². The van der Waals surface area contributed by atoms with Gasteiger partial charge in [0.25, 0.3) is 0 Å². The second-order valence-corrected chi connectivity index (χ2v) is 5.16. The summed E-state index contributed by atoms with van der Waals surface area (Å²) in [4.78, 5) is 6.66. The van der Waals surface area contributed by atoms with Crippen molar-refractivity contribution in [2.24, 2.45) is 0 Å². The summed E-state index contributed by atoms with van der Waals surface area (Å²) < 4.78 is 1.27. The molecule has 1 aliphatic heterocycles. The van der Waals surface area contributed by atoms with E-state index in [1.807, 2.05) is 12.3 Å². The van der Waals surface area contributed by atoms with Gasteiger partial charge in [-0.15, -0.1) is 11.3 Å². The summed E-state index contributed by atoms with van der Waals surface area (Å²) in [7, 11) is 0. The molecule has 4 heteroatoms. The number of aliphatic hydroxyl groups excluding tert-OH is 1. The zero-order valence-corrected chi connectivity index (χ0v) is 9.78. The van der Waals surface area contributed by atoms with E-state index >= 15 is 0 Å². The molecule has 2 aromatic rings. The molecule has 1 atom stereocenters. The van der Waals surface area contributed by atoms with Crippen LogP contribution in [0.5, 0.6) is 0 Å². The molecule has 0 bridgehead atoms. The first-order valence-electron chi connectivity index (χ1n) is 5.60. The quantitative estimate of drug-likeness (QED) is 0.822. The van der Waals surface area contributed by atoms with Gasteiger partial charge < -0.3 is 10.0 Å². The summed E-state index contributed by atoms with van der Waals surface area (Å²) in [5, 5.41) is 13.0. The number of piperidine rings is 1. The lowest BCUT2D eigenvalue weighted by Crippen LogP contribution is -2.38. The van der Waals surface area contributed by atoms with Crippen molar-refractivity contribution in [3.63, 3.8) is 0 Å². The number of anilines is 1. The van der Waals surface area contributed by atoms with Crippen molar-refractivity contribution in [2.45, 2.75) is 18.9 Å². The van der Waals surface area contributed by atoms with E-state index in [1.54, 1.807) is 11.3 Å². The molecule has 1 saturated heterocycles. The van der Waals surface area contributed by atoms with E-state index in [-0.39, 0.29) is 6.10 Å². The van der Waals surface area contributed by atoms with Crippen molar-refractivity contribution in [1.29, 1.82) is 0 Å². The molecule has 2 aromatic heterocycles. The lowest BCUT2D eigenvalue weighted by molar-refractivity contribution is 0.154. The van der Waals surface area contributed by atoms with Gasteiger partial charge in [0.1, 0.15) is 5.82 Å². The molecular weight excluding hydrogens is 220 g/mol. The molecule has 3 heterocycles. The van der Waals surface area contributed by atoms with Gasteiger partial charge in [0, 0.05) is 29.4 Å². The summed E-state index contributed by atoms with van der Waals surface area (Å²) in [5.41, 5.74) is 0. The summed E-state index contributed by atoms with van der Waals surface area (Å²) in [6.45, 7) is 1.71. The van der Waals surface area contributed by atoms with Crippen LogP contribution in [0.3, 0.4) is 0 Å². The molecule has 0 saturated carbocycles. The molecule has 1 fully saturated rings. The zero-order chi connectivity index (χ0) is 11.0.